The van der Waals surface area contributed by atoms with E-state index in [2.05, 4.69) is 5.32 Å². The van der Waals surface area contributed by atoms with Crippen molar-refractivity contribution in [2.24, 2.45) is 0 Å². The molecular weight excluding hydrogens is 435 g/mol. The van der Waals surface area contributed by atoms with Gasteiger partial charge in [-0.15, -0.1) is 0 Å². The summed E-state index contributed by atoms with van der Waals surface area (Å²) in [7, 11) is 1.56. The Bertz CT molecular complexity index is 1130. The third-order valence-corrected chi connectivity index (χ3v) is 5.03. The average Bonchev–Trinajstić information content (AvgIpc) is 2.79. The zero-order chi connectivity index (χ0) is 22.2. The number of amides is 1. The van der Waals surface area contributed by atoms with E-state index in [1.54, 1.807) is 67.8 Å². The number of nitrogens with zero attached hydrogens (tertiary/aromatic N) is 1. The van der Waals surface area contributed by atoms with Gasteiger partial charge in [-0.25, -0.2) is 0 Å². The van der Waals surface area contributed by atoms with Gasteiger partial charge in [-0.1, -0.05) is 41.4 Å². The fourth-order valence-corrected chi connectivity index (χ4v) is 2.97. The molecule has 0 saturated carbocycles. The van der Waals surface area contributed by atoms with E-state index in [0.717, 1.165) is 5.56 Å². The van der Waals surface area contributed by atoms with Crippen LogP contribution in [0.2, 0.25) is 10.0 Å². The zero-order valence-corrected chi connectivity index (χ0v) is 18.1. The smallest absolute Gasteiger partial charge is 0.266 e. The summed E-state index contributed by atoms with van der Waals surface area (Å²) >= 11 is 11.9. The quantitative estimate of drug-likeness (QED) is 0.345. The van der Waals surface area contributed by atoms with E-state index in [4.69, 9.17) is 32.7 Å². The van der Waals surface area contributed by atoms with Crippen molar-refractivity contribution in [1.82, 2.24) is 0 Å². The number of carbonyl (C=O) groups is 1. The summed E-state index contributed by atoms with van der Waals surface area (Å²) < 4.78 is 10.8. The summed E-state index contributed by atoms with van der Waals surface area (Å²) in [6.45, 7) is 0.333. The number of hydrogen-bond donors (Lipinski definition) is 1. The maximum Gasteiger partial charge on any atom is 0.266 e. The number of halogens is 2. The first-order valence-corrected chi connectivity index (χ1v) is 9.98. The second kappa shape index (κ2) is 10.5. The summed E-state index contributed by atoms with van der Waals surface area (Å²) in [5, 5.41) is 13.0. The number of hydrogen-bond acceptors (Lipinski definition) is 4. The van der Waals surface area contributed by atoms with Crippen LogP contribution < -0.4 is 14.8 Å². The van der Waals surface area contributed by atoms with Gasteiger partial charge in [-0.05, 0) is 65.7 Å². The SMILES string of the molecule is COc1ccc(NC(=O)C(C#N)=Cc2ccc(OCc3ccc(Cl)c(Cl)c3)cc2)cc1. The van der Waals surface area contributed by atoms with E-state index < -0.39 is 5.91 Å². The minimum atomic E-state index is -0.493. The van der Waals surface area contributed by atoms with Crippen molar-refractivity contribution in [3.05, 3.63) is 93.5 Å². The Morgan fingerprint density at radius 3 is 2.29 bits per heavy atom. The van der Waals surface area contributed by atoms with Crippen LogP contribution in [0, 0.1) is 11.3 Å². The molecule has 0 unspecified atom stereocenters. The van der Waals surface area contributed by atoms with Gasteiger partial charge >= 0.3 is 0 Å². The molecule has 0 aliphatic carbocycles. The number of benzene rings is 3. The van der Waals surface area contributed by atoms with Crippen molar-refractivity contribution in [3.63, 3.8) is 0 Å². The molecule has 0 aliphatic heterocycles. The summed E-state index contributed by atoms with van der Waals surface area (Å²) in [6, 6.07) is 21.2. The average molecular weight is 453 g/mol. The Kier molecular flexibility index (Phi) is 7.55. The molecule has 1 N–H and O–H groups in total. The van der Waals surface area contributed by atoms with Crippen molar-refractivity contribution < 1.29 is 14.3 Å². The van der Waals surface area contributed by atoms with Crippen LogP contribution in [0.25, 0.3) is 6.08 Å². The number of nitriles is 1. The third-order valence-electron chi connectivity index (χ3n) is 4.29. The van der Waals surface area contributed by atoms with Gasteiger partial charge < -0.3 is 14.8 Å². The largest absolute Gasteiger partial charge is 0.497 e. The Hall–Kier alpha value is -3.46. The molecule has 0 spiro atoms. The number of carbonyl (C=O) groups excluding carboxylic acids is 1. The molecule has 0 bridgehead atoms. The fraction of sp³-hybridized carbons (Fsp3) is 0.0833. The minimum Gasteiger partial charge on any atom is -0.497 e. The number of nitrogens with one attached hydrogen (secondary N) is 1. The molecule has 0 radical (unpaired) electrons. The van der Waals surface area contributed by atoms with Crippen LogP contribution >= 0.6 is 23.2 Å². The van der Waals surface area contributed by atoms with E-state index in [-0.39, 0.29) is 5.57 Å². The molecule has 3 aromatic rings. The molecule has 31 heavy (non-hydrogen) atoms. The zero-order valence-electron chi connectivity index (χ0n) is 16.6. The lowest BCUT2D eigenvalue weighted by atomic mass is 10.1. The maximum atomic E-state index is 12.4. The first-order valence-electron chi connectivity index (χ1n) is 9.22. The van der Waals surface area contributed by atoms with Crippen LogP contribution in [0.15, 0.2) is 72.3 Å². The monoisotopic (exact) mass is 452 g/mol. The molecular formula is C24H18Cl2N2O3. The number of methoxy groups -OCH3 is 1. The highest BCUT2D eigenvalue weighted by Crippen LogP contribution is 2.24. The Morgan fingerprint density at radius 1 is 1.00 bits per heavy atom. The molecule has 7 heteroatoms. The maximum absolute atomic E-state index is 12.4. The normalized spacial score (nSPS) is 10.8. The summed E-state index contributed by atoms with van der Waals surface area (Å²) in [5.41, 5.74) is 2.14. The van der Waals surface area contributed by atoms with Gasteiger partial charge in [0.2, 0.25) is 0 Å². The predicted octanol–water partition coefficient (Wildman–Crippen LogP) is 6.13. The van der Waals surface area contributed by atoms with Gasteiger partial charge in [0.1, 0.15) is 29.7 Å². The third kappa shape index (κ3) is 6.26. The number of rotatable bonds is 7. The molecule has 156 valence electrons. The standard InChI is InChI=1S/C24H18Cl2N2O3/c1-30-20-9-5-19(6-10-20)28-24(29)18(14-27)12-16-2-7-21(8-3-16)31-15-17-4-11-22(25)23(26)13-17/h2-13H,15H2,1H3,(H,28,29). The minimum absolute atomic E-state index is 0.0136. The van der Waals surface area contributed by atoms with Gasteiger partial charge in [0.05, 0.1) is 17.2 Å². The summed E-state index contributed by atoms with van der Waals surface area (Å²) in [6.07, 6.45) is 1.52. The van der Waals surface area contributed by atoms with E-state index >= 15 is 0 Å². The lowest BCUT2D eigenvalue weighted by Crippen LogP contribution is -2.13. The molecule has 5 nitrogen and oxygen atoms in total. The predicted molar refractivity (Wildman–Crippen MR) is 122 cm³/mol. The highest BCUT2D eigenvalue weighted by Gasteiger charge is 2.10. The van der Waals surface area contributed by atoms with Gasteiger partial charge in [0, 0.05) is 5.69 Å². The van der Waals surface area contributed by atoms with Crippen LogP contribution in [-0.2, 0) is 11.4 Å². The van der Waals surface area contributed by atoms with Gasteiger partial charge in [0.15, 0.2) is 0 Å². The molecule has 0 saturated heterocycles. The first-order chi connectivity index (χ1) is 15.0. The van der Waals surface area contributed by atoms with Gasteiger partial charge in [-0.3, -0.25) is 4.79 Å². The lowest BCUT2D eigenvalue weighted by Gasteiger charge is -2.08. The topological polar surface area (TPSA) is 71.3 Å². The molecule has 1 amide bonds. The van der Waals surface area contributed by atoms with E-state index in [0.29, 0.717) is 39.4 Å². The van der Waals surface area contributed by atoms with Gasteiger partial charge in [-0.2, -0.15) is 5.26 Å². The van der Waals surface area contributed by atoms with Crippen molar-refractivity contribution in [1.29, 1.82) is 5.26 Å². The molecule has 3 rings (SSSR count). The lowest BCUT2D eigenvalue weighted by molar-refractivity contribution is -0.112. The Balaban J connectivity index is 1.63. The van der Waals surface area contributed by atoms with Crippen LogP contribution in [0.4, 0.5) is 5.69 Å². The van der Waals surface area contributed by atoms with Crippen molar-refractivity contribution >= 4 is 40.9 Å². The van der Waals surface area contributed by atoms with E-state index in [1.165, 1.54) is 6.08 Å². The molecule has 0 heterocycles. The van der Waals surface area contributed by atoms with Gasteiger partial charge in [0.25, 0.3) is 5.91 Å². The number of anilines is 1. The molecule has 0 aromatic heterocycles. The van der Waals surface area contributed by atoms with Crippen LogP contribution in [0.1, 0.15) is 11.1 Å². The van der Waals surface area contributed by atoms with Crippen molar-refractivity contribution in [2.75, 3.05) is 12.4 Å². The highest BCUT2D eigenvalue weighted by molar-refractivity contribution is 6.42. The molecule has 0 fully saturated rings. The van der Waals surface area contributed by atoms with E-state index in [9.17, 15) is 10.1 Å². The van der Waals surface area contributed by atoms with Crippen molar-refractivity contribution in [2.45, 2.75) is 6.61 Å². The molecule has 0 aliphatic rings. The fourth-order valence-electron chi connectivity index (χ4n) is 2.64. The number of ether oxygens (including phenoxy) is 2. The van der Waals surface area contributed by atoms with Crippen LogP contribution in [0.5, 0.6) is 11.5 Å². The van der Waals surface area contributed by atoms with Crippen molar-refractivity contribution in [3.8, 4) is 17.6 Å². The Labute approximate surface area is 190 Å². The highest BCUT2D eigenvalue weighted by atomic mass is 35.5. The van der Waals surface area contributed by atoms with Crippen LogP contribution in [0.3, 0.4) is 0 Å². The second-order valence-electron chi connectivity index (χ2n) is 6.46. The molecule has 0 atom stereocenters. The first kappa shape index (κ1) is 22.2. The summed E-state index contributed by atoms with van der Waals surface area (Å²) in [4.78, 5) is 12.4. The Morgan fingerprint density at radius 2 is 1.68 bits per heavy atom. The summed E-state index contributed by atoms with van der Waals surface area (Å²) in [5.74, 6) is 0.826. The van der Waals surface area contributed by atoms with E-state index in [1.807, 2.05) is 12.1 Å². The van der Waals surface area contributed by atoms with Crippen LogP contribution in [-0.4, -0.2) is 13.0 Å². The second-order valence-corrected chi connectivity index (χ2v) is 7.27. The molecule has 3 aromatic carbocycles.